The van der Waals surface area contributed by atoms with Crippen LogP contribution in [0.1, 0.15) is 25.0 Å². The van der Waals surface area contributed by atoms with Crippen molar-refractivity contribution >= 4 is 11.7 Å². The molecule has 17 heavy (non-hydrogen) atoms. The summed E-state index contributed by atoms with van der Waals surface area (Å²) in [6.45, 7) is 2.72. The lowest BCUT2D eigenvalue weighted by atomic mass is 10.1. The summed E-state index contributed by atoms with van der Waals surface area (Å²) in [5, 5.41) is 3.47. The molecule has 0 atom stereocenters. The highest BCUT2D eigenvalue weighted by Crippen LogP contribution is 2.29. The molecule has 0 fully saturated rings. The van der Waals surface area contributed by atoms with Crippen molar-refractivity contribution in [2.24, 2.45) is 5.16 Å². The van der Waals surface area contributed by atoms with Crippen molar-refractivity contribution in [3.05, 3.63) is 35.4 Å². The zero-order valence-electron chi connectivity index (χ0n) is 9.21. The van der Waals surface area contributed by atoms with Gasteiger partial charge in [-0.1, -0.05) is 17.3 Å². The molecule has 0 heterocycles. The van der Waals surface area contributed by atoms with Crippen molar-refractivity contribution in [2.45, 2.75) is 20.0 Å². The Morgan fingerprint density at radius 1 is 1.18 bits per heavy atom. The van der Waals surface area contributed by atoms with Crippen LogP contribution in [0.4, 0.5) is 13.2 Å². The predicted molar refractivity (Wildman–Crippen MR) is 55.4 cm³/mol. The van der Waals surface area contributed by atoms with Crippen molar-refractivity contribution in [1.82, 2.24) is 0 Å². The summed E-state index contributed by atoms with van der Waals surface area (Å²) < 4.78 is 36.8. The van der Waals surface area contributed by atoms with Crippen LogP contribution in [0, 0.1) is 0 Å². The van der Waals surface area contributed by atoms with E-state index in [1.165, 1.54) is 26.0 Å². The molecule has 1 aromatic carbocycles. The van der Waals surface area contributed by atoms with E-state index in [4.69, 9.17) is 0 Å². The van der Waals surface area contributed by atoms with E-state index in [1.54, 1.807) is 0 Å². The Labute approximate surface area is 95.9 Å². The monoisotopic (exact) mass is 245 g/mol. The summed E-state index contributed by atoms with van der Waals surface area (Å²) in [4.78, 5) is 14.9. The van der Waals surface area contributed by atoms with Gasteiger partial charge < -0.3 is 4.84 Å². The topological polar surface area (TPSA) is 38.7 Å². The van der Waals surface area contributed by atoms with Crippen molar-refractivity contribution in [3.8, 4) is 0 Å². The van der Waals surface area contributed by atoms with E-state index >= 15 is 0 Å². The van der Waals surface area contributed by atoms with Crippen LogP contribution in [0.15, 0.2) is 29.4 Å². The van der Waals surface area contributed by atoms with Crippen LogP contribution in [0.2, 0.25) is 0 Å². The number of benzene rings is 1. The Morgan fingerprint density at radius 3 is 2.12 bits per heavy atom. The summed E-state index contributed by atoms with van der Waals surface area (Å²) in [6.07, 6.45) is -4.36. The maximum absolute atomic E-state index is 12.3. The summed E-state index contributed by atoms with van der Waals surface area (Å²) in [7, 11) is 0. The number of carbonyl (C=O) groups is 1. The van der Waals surface area contributed by atoms with Crippen LogP contribution in [0.5, 0.6) is 0 Å². The van der Waals surface area contributed by atoms with Gasteiger partial charge in [-0.15, -0.1) is 0 Å². The molecule has 0 aliphatic carbocycles. The number of rotatable bonds is 2. The van der Waals surface area contributed by atoms with E-state index in [2.05, 4.69) is 9.99 Å². The van der Waals surface area contributed by atoms with E-state index < -0.39 is 17.7 Å². The number of nitrogens with zero attached hydrogens (tertiary/aromatic N) is 1. The fourth-order valence-electron chi connectivity index (χ4n) is 1.09. The third kappa shape index (κ3) is 3.90. The van der Waals surface area contributed by atoms with Gasteiger partial charge in [-0.05, 0) is 24.6 Å². The van der Waals surface area contributed by atoms with E-state index in [0.717, 1.165) is 12.1 Å². The Morgan fingerprint density at radius 2 is 1.71 bits per heavy atom. The molecular weight excluding hydrogens is 235 g/mol. The third-order valence-electron chi connectivity index (χ3n) is 1.94. The van der Waals surface area contributed by atoms with Gasteiger partial charge in [0.25, 0.3) is 0 Å². The highest BCUT2D eigenvalue weighted by molar-refractivity contribution is 5.98. The van der Waals surface area contributed by atoms with Gasteiger partial charge in [0.05, 0.1) is 11.3 Å². The molecule has 0 aliphatic rings. The zero-order valence-corrected chi connectivity index (χ0v) is 9.21. The second-order valence-electron chi connectivity index (χ2n) is 3.33. The third-order valence-corrected chi connectivity index (χ3v) is 1.94. The Kier molecular flexibility index (Phi) is 3.88. The molecule has 0 unspecified atom stereocenters. The molecule has 0 spiro atoms. The second kappa shape index (κ2) is 4.99. The van der Waals surface area contributed by atoms with Crippen LogP contribution in [-0.4, -0.2) is 11.7 Å². The summed E-state index contributed by atoms with van der Waals surface area (Å²) in [5.41, 5.74) is 0.0507. The number of hydrogen-bond donors (Lipinski definition) is 0. The van der Waals surface area contributed by atoms with Gasteiger partial charge in [0.2, 0.25) is 0 Å². The quantitative estimate of drug-likeness (QED) is 0.456. The van der Waals surface area contributed by atoms with Crippen molar-refractivity contribution < 1.29 is 22.8 Å². The molecule has 0 amide bonds. The number of hydrogen-bond acceptors (Lipinski definition) is 3. The Hall–Kier alpha value is -1.85. The lowest BCUT2D eigenvalue weighted by Gasteiger charge is -2.07. The van der Waals surface area contributed by atoms with Gasteiger partial charge in [-0.3, -0.25) is 0 Å². The number of halogens is 3. The lowest BCUT2D eigenvalue weighted by Crippen LogP contribution is -2.05. The smallest absolute Gasteiger partial charge is 0.318 e. The number of alkyl halides is 3. The molecule has 0 saturated heterocycles. The highest BCUT2D eigenvalue weighted by atomic mass is 19.4. The predicted octanol–water partition coefficient (Wildman–Crippen LogP) is 2.99. The largest absolute Gasteiger partial charge is 0.416 e. The summed E-state index contributed by atoms with van der Waals surface area (Å²) in [6, 6.07) is 4.43. The molecule has 0 aromatic heterocycles. The first-order valence-electron chi connectivity index (χ1n) is 4.70. The van der Waals surface area contributed by atoms with Gasteiger partial charge in [0, 0.05) is 6.92 Å². The van der Waals surface area contributed by atoms with Crippen LogP contribution in [0.25, 0.3) is 0 Å². The minimum atomic E-state index is -4.36. The molecule has 0 aliphatic heterocycles. The number of oxime groups is 1. The van der Waals surface area contributed by atoms with E-state index in [9.17, 15) is 18.0 Å². The molecule has 1 aromatic rings. The lowest BCUT2D eigenvalue weighted by molar-refractivity contribution is -0.141. The van der Waals surface area contributed by atoms with Crippen molar-refractivity contribution in [2.75, 3.05) is 0 Å². The van der Waals surface area contributed by atoms with Crippen molar-refractivity contribution in [3.63, 3.8) is 0 Å². The first kappa shape index (κ1) is 13.2. The van der Waals surface area contributed by atoms with Gasteiger partial charge in [0.15, 0.2) is 0 Å². The summed E-state index contributed by atoms with van der Waals surface area (Å²) in [5.74, 6) is -0.587. The Balaban J connectivity index is 2.88. The van der Waals surface area contributed by atoms with Crippen LogP contribution in [-0.2, 0) is 15.8 Å². The molecule has 6 heteroatoms. The van der Waals surface area contributed by atoms with Crippen molar-refractivity contribution in [1.29, 1.82) is 0 Å². The first-order chi connectivity index (χ1) is 7.80. The molecule has 0 bridgehead atoms. The molecular formula is C11H10F3NO2. The molecule has 1 rings (SSSR count). The SMILES string of the molecule is CC(=O)O/N=C(/C)c1ccc(C(F)(F)F)cc1. The van der Waals surface area contributed by atoms with Crippen LogP contribution >= 0.6 is 0 Å². The average Bonchev–Trinajstić information content (AvgIpc) is 2.25. The Bertz CT molecular complexity index is 435. The molecule has 3 nitrogen and oxygen atoms in total. The van der Waals surface area contributed by atoms with Gasteiger partial charge in [-0.25, -0.2) is 4.79 Å². The average molecular weight is 245 g/mol. The van der Waals surface area contributed by atoms with Crippen LogP contribution < -0.4 is 0 Å². The second-order valence-corrected chi connectivity index (χ2v) is 3.33. The first-order valence-corrected chi connectivity index (χ1v) is 4.70. The van der Waals surface area contributed by atoms with Gasteiger partial charge in [0.1, 0.15) is 0 Å². The van der Waals surface area contributed by atoms with E-state index in [1.807, 2.05) is 0 Å². The maximum atomic E-state index is 12.3. The number of carbonyl (C=O) groups excluding carboxylic acids is 1. The van der Waals surface area contributed by atoms with Gasteiger partial charge >= 0.3 is 12.1 Å². The molecule has 92 valence electrons. The fourth-order valence-corrected chi connectivity index (χ4v) is 1.09. The molecule has 0 radical (unpaired) electrons. The standard InChI is InChI=1S/C11H10F3NO2/c1-7(15-17-8(2)16)9-3-5-10(6-4-9)11(12,13)14/h3-6H,1-2H3/b15-7-. The van der Waals surface area contributed by atoms with E-state index in [-0.39, 0.29) is 0 Å². The minimum absolute atomic E-state index is 0.328. The minimum Gasteiger partial charge on any atom is -0.318 e. The summed E-state index contributed by atoms with van der Waals surface area (Å²) >= 11 is 0. The maximum Gasteiger partial charge on any atom is 0.416 e. The van der Waals surface area contributed by atoms with Crippen LogP contribution in [0.3, 0.4) is 0 Å². The zero-order chi connectivity index (χ0) is 13.1. The molecule has 0 N–H and O–H groups in total. The van der Waals surface area contributed by atoms with Gasteiger partial charge in [-0.2, -0.15) is 13.2 Å². The fraction of sp³-hybridized carbons (Fsp3) is 0.273. The molecule has 0 saturated carbocycles. The van der Waals surface area contributed by atoms with E-state index in [0.29, 0.717) is 11.3 Å². The normalized spacial score (nSPS) is 12.4. The highest BCUT2D eigenvalue weighted by Gasteiger charge is 2.29.